The summed E-state index contributed by atoms with van der Waals surface area (Å²) in [6.45, 7) is 3.17. The third-order valence-corrected chi connectivity index (χ3v) is 3.27. The Labute approximate surface area is 101 Å². The number of benzene rings is 1. The summed E-state index contributed by atoms with van der Waals surface area (Å²) in [4.78, 5) is 2.07. The van der Waals surface area contributed by atoms with E-state index in [0.29, 0.717) is 5.56 Å². The van der Waals surface area contributed by atoms with Crippen LogP contribution in [0, 0.1) is 5.82 Å². The molecule has 1 aromatic carbocycles. The van der Waals surface area contributed by atoms with Gasteiger partial charge in [-0.15, -0.1) is 0 Å². The zero-order valence-electron chi connectivity index (χ0n) is 10.2. The Balaban J connectivity index is 2.29. The van der Waals surface area contributed by atoms with Crippen LogP contribution < -0.4 is 4.90 Å². The Kier molecular flexibility index (Phi) is 3.64. The van der Waals surface area contributed by atoms with Crippen molar-refractivity contribution in [1.82, 2.24) is 0 Å². The number of halogens is 1. The van der Waals surface area contributed by atoms with E-state index >= 15 is 0 Å². The molecule has 1 aliphatic rings. The lowest BCUT2D eigenvalue weighted by molar-refractivity contribution is 0.121. The van der Waals surface area contributed by atoms with Crippen molar-refractivity contribution in [3.8, 4) is 0 Å². The van der Waals surface area contributed by atoms with Crippen LogP contribution in [0.25, 0.3) is 0 Å². The third-order valence-electron chi connectivity index (χ3n) is 3.27. The number of methoxy groups -OCH3 is 1. The van der Waals surface area contributed by atoms with Crippen LogP contribution in [-0.2, 0) is 4.74 Å². The Morgan fingerprint density at radius 1 is 1.53 bits per heavy atom. The molecule has 1 unspecified atom stereocenters. The number of aliphatic hydroxyl groups excluding tert-OH is 1. The van der Waals surface area contributed by atoms with E-state index in [-0.39, 0.29) is 11.9 Å². The quantitative estimate of drug-likeness (QED) is 0.876. The molecule has 1 saturated heterocycles. The third kappa shape index (κ3) is 2.42. The van der Waals surface area contributed by atoms with Gasteiger partial charge in [0, 0.05) is 31.5 Å². The van der Waals surface area contributed by atoms with Crippen LogP contribution in [0.4, 0.5) is 10.1 Å². The molecule has 2 atom stereocenters. The second kappa shape index (κ2) is 5.02. The van der Waals surface area contributed by atoms with Crippen LogP contribution in [0.2, 0.25) is 0 Å². The zero-order chi connectivity index (χ0) is 12.4. The van der Waals surface area contributed by atoms with Crippen molar-refractivity contribution >= 4 is 5.69 Å². The lowest BCUT2D eigenvalue weighted by atomic mass is 10.1. The summed E-state index contributed by atoms with van der Waals surface area (Å²) in [5, 5.41) is 9.67. The maximum atomic E-state index is 13.7. The predicted molar refractivity (Wildman–Crippen MR) is 64.7 cm³/mol. The fourth-order valence-corrected chi connectivity index (χ4v) is 2.35. The summed E-state index contributed by atoms with van der Waals surface area (Å²) < 4.78 is 19.0. The molecule has 0 aromatic heterocycles. The van der Waals surface area contributed by atoms with E-state index in [4.69, 9.17) is 4.74 Å². The lowest BCUT2D eigenvalue weighted by Crippen LogP contribution is -2.24. The SMILES string of the molecule is COC1CCN(c2cccc(F)c2[C@H](C)O)C1. The van der Waals surface area contributed by atoms with E-state index in [1.807, 2.05) is 6.07 Å². The normalized spacial score (nSPS) is 21.9. The first kappa shape index (κ1) is 12.3. The van der Waals surface area contributed by atoms with Gasteiger partial charge >= 0.3 is 0 Å². The number of anilines is 1. The Hall–Kier alpha value is -1.13. The smallest absolute Gasteiger partial charge is 0.131 e. The monoisotopic (exact) mass is 239 g/mol. The first-order valence-corrected chi connectivity index (χ1v) is 5.87. The molecule has 3 nitrogen and oxygen atoms in total. The van der Waals surface area contributed by atoms with E-state index in [1.54, 1.807) is 20.1 Å². The first-order valence-electron chi connectivity index (χ1n) is 5.87. The number of hydrogen-bond acceptors (Lipinski definition) is 3. The molecule has 17 heavy (non-hydrogen) atoms. The summed E-state index contributed by atoms with van der Waals surface area (Å²) in [6, 6.07) is 4.91. The molecule has 0 radical (unpaired) electrons. The van der Waals surface area contributed by atoms with Crippen LogP contribution >= 0.6 is 0 Å². The molecule has 1 aromatic rings. The highest BCUT2D eigenvalue weighted by Gasteiger charge is 2.26. The summed E-state index contributed by atoms with van der Waals surface area (Å²) >= 11 is 0. The number of hydrogen-bond donors (Lipinski definition) is 1. The predicted octanol–water partition coefficient (Wildman–Crippen LogP) is 2.10. The molecule has 2 rings (SSSR count). The average Bonchev–Trinajstić information content (AvgIpc) is 2.76. The van der Waals surface area contributed by atoms with Gasteiger partial charge in [0.15, 0.2) is 0 Å². The molecule has 1 aliphatic heterocycles. The first-order chi connectivity index (χ1) is 8.13. The molecule has 4 heteroatoms. The fourth-order valence-electron chi connectivity index (χ4n) is 2.35. The van der Waals surface area contributed by atoms with Gasteiger partial charge in [0.1, 0.15) is 5.82 Å². The lowest BCUT2D eigenvalue weighted by Gasteiger charge is -2.23. The van der Waals surface area contributed by atoms with Gasteiger partial charge in [-0.1, -0.05) is 6.07 Å². The highest BCUT2D eigenvalue weighted by atomic mass is 19.1. The zero-order valence-corrected chi connectivity index (χ0v) is 10.2. The van der Waals surface area contributed by atoms with E-state index in [0.717, 1.165) is 25.2 Å². The van der Waals surface area contributed by atoms with Crippen molar-refractivity contribution < 1.29 is 14.2 Å². The Bertz CT molecular complexity index is 395. The Morgan fingerprint density at radius 2 is 2.29 bits per heavy atom. The molecular weight excluding hydrogens is 221 g/mol. The maximum absolute atomic E-state index is 13.7. The van der Waals surface area contributed by atoms with Gasteiger partial charge in [-0.3, -0.25) is 0 Å². The van der Waals surface area contributed by atoms with E-state index in [2.05, 4.69) is 4.90 Å². The average molecular weight is 239 g/mol. The summed E-state index contributed by atoms with van der Waals surface area (Å²) in [5.41, 5.74) is 1.16. The number of aliphatic hydroxyl groups is 1. The van der Waals surface area contributed by atoms with Crippen molar-refractivity contribution in [3.05, 3.63) is 29.6 Å². The van der Waals surface area contributed by atoms with E-state index < -0.39 is 6.10 Å². The molecule has 0 spiro atoms. The molecule has 1 N–H and O–H groups in total. The number of rotatable bonds is 3. The molecule has 1 fully saturated rings. The molecule has 0 amide bonds. The van der Waals surface area contributed by atoms with Crippen LogP contribution in [0.15, 0.2) is 18.2 Å². The van der Waals surface area contributed by atoms with Crippen LogP contribution in [-0.4, -0.2) is 31.4 Å². The van der Waals surface area contributed by atoms with Gasteiger partial charge in [-0.25, -0.2) is 4.39 Å². The highest BCUT2D eigenvalue weighted by Crippen LogP contribution is 2.31. The van der Waals surface area contributed by atoms with Gasteiger partial charge in [0.25, 0.3) is 0 Å². The van der Waals surface area contributed by atoms with Gasteiger partial charge in [0.05, 0.1) is 12.2 Å². The minimum Gasteiger partial charge on any atom is -0.389 e. The summed E-state index contributed by atoms with van der Waals surface area (Å²) in [5.74, 6) is -0.349. The minimum absolute atomic E-state index is 0.195. The largest absolute Gasteiger partial charge is 0.389 e. The topological polar surface area (TPSA) is 32.7 Å². The van der Waals surface area contributed by atoms with Crippen LogP contribution in [0.1, 0.15) is 25.0 Å². The van der Waals surface area contributed by atoms with Gasteiger partial charge in [-0.2, -0.15) is 0 Å². The number of nitrogens with zero attached hydrogens (tertiary/aromatic N) is 1. The van der Waals surface area contributed by atoms with Crippen molar-refractivity contribution in [3.63, 3.8) is 0 Å². The van der Waals surface area contributed by atoms with Gasteiger partial charge < -0.3 is 14.7 Å². The minimum atomic E-state index is -0.798. The number of ether oxygens (including phenoxy) is 1. The van der Waals surface area contributed by atoms with Crippen molar-refractivity contribution in [2.75, 3.05) is 25.1 Å². The second-order valence-corrected chi connectivity index (χ2v) is 4.44. The Morgan fingerprint density at radius 3 is 2.88 bits per heavy atom. The van der Waals surface area contributed by atoms with Crippen molar-refractivity contribution in [1.29, 1.82) is 0 Å². The molecule has 0 saturated carbocycles. The molecule has 0 aliphatic carbocycles. The fraction of sp³-hybridized carbons (Fsp3) is 0.538. The molecule has 1 heterocycles. The molecule has 0 bridgehead atoms. The van der Waals surface area contributed by atoms with Gasteiger partial charge in [0.2, 0.25) is 0 Å². The summed E-state index contributed by atoms with van der Waals surface area (Å²) in [7, 11) is 1.69. The molecular formula is C13H18FNO2. The van der Waals surface area contributed by atoms with E-state index in [1.165, 1.54) is 6.07 Å². The standard InChI is InChI=1S/C13H18FNO2/c1-9(16)13-11(14)4-3-5-12(13)15-7-6-10(8-15)17-2/h3-5,9-10,16H,6-8H2,1-2H3/t9-,10?/m0/s1. The molecule has 94 valence electrons. The summed E-state index contributed by atoms with van der Waals surface area (Å²) in [6.07, 6.45) is 0.333. The van der Waals surface area contributed by atoms with Gasteiger partial charge in [-0.05, 0) is 25.5 Å². The van der Waals surface area contributed by atoms with Crippen LogP contribution in [0.3, 0.4) is 0 Å². The highest BCUT2D eigenvalue weighted by molar-refractivity contribution is 5.56. The maximum Gasteiger partial charge on any atom is 0.131 e. The van der Waals surface area contributed by atoms with Crippen LogP contribution in [0.5, 0.6) is 0 Å². The van der Waals surface area contributed by atoms with Crippen molar-refractivity contribution in [2.45, 2.75) is 25.6 Å². The second-order valence-electron chi connectivity index (χ2n) is 4.44. The van der Waals surface area contributed by atoms with E-state index in [9.17, 15) is 9.50 Å². The van der Waals surface area contributed by atoms with Crippen molar-refractivity contribution in [2.24, 2.45) is 0 Å².